The lowest BCUT2D eigenvalue weighted by Crippen LogP contribution is -2.43. The van der Waals surface area contributed by atoms with Crippen LogP contribution >= 0.6 is 0 Å². The van der Waals surface area contributed by atoms with Gasteiger partial charge in [-0.3, -0.25) is 4.79 Å². The number of para-hydroxylation sites is 1. The molecule has 23 heavy (non-hydrogen) atoms. The summed E-state index contributed by atoms with van der Waals surface area (Å²) in [5.74, 6) is 1.32. The number of benzene rings is 2. The van der Waals surface area contributed by atoms with Crippen LogP contribution in [-0.4, -0.2) is 24.7 Å². The molecule has 0 saturated carbocycles. The van der Waals surface area contributed by atoms with Gasteiger partial charge in [-0.05, 0) is 45.0 Å². The molecule has 0 unspecified atom stereocenters. The summed E-state index contributed by atoms with van der Waals surface area (Å²) in [6.45, 7) is 6.07. The van der Waals surface area contributed by atoms with Gasteiger partial charge in [0.25, 0.3) is 5.91 Å². The van der Waals surface area contributed by atoms with E-state index >= 15 is 0 Å². The van der Waals surface area contributed by atoms with E-state index in [1.165, 1.54) is 5.56 Å². The molecule has 0 saturated heterocycles. The van der Waals surface area contributed by atoms with E-state index in [1.54, 1.807) is 6.92 Å². The summed E-state index contributed by atoms with van der Waals surface area (Å²) in [5, 5.41) is 2.89. The fourth-order valence-corrected chi connectivity index (χ4v) is 2.01. The summed E-state index contributed by atoms with van der Waals surface area (Å²) in [5.41, 5.74) is 1.19. The average molecular weight is 313 g/mol. The Labute approximate surface area is 137 Å². The quantitative estimate of drug-likeness (QED) is 0.853. The van der Waals surface area contributed by atoms with Gasteiger partial charge in [0.15, 0.2) is 6.10 Å². The minimum Gasteiger partial charge on any atom is -0.491 e. The molecule has 0 fully saturated rings. The molecular weight excluding hydrogens is 290 g/mol. The van der Waals surface area contributed by atoms with E-state index in [9.17, 15) is 4.79 Å². The number of hydrogen-bond acceptors (Lipinski definition) is 3. The molecule has 1 N–H and O–H groups in total. The van der Waals surface area contributed by atoms with E-state index in [0.717, 1.165) is 5.75 Å². The number of amides is 1. The summed E-state index contributed by atoms with van der Waals surface area (Å²) in [7, 11) is 0. The molecule has 0 aliphatic rings. The molecule has 0 aliphatic carbocycles. The molecule has 0 aliphatic heterocycles. The van der Waals surface area contributed by atoms with E-state index in [-0.39, 0.29) is 11.9 Å². The van der Waals surface area contributed by atoms with Crippen molar-refractivity contribution in [1.29, 1.82) is 0 Å². The van der Waals surface area contributed by atoms with Crippen molar-refractivity contribution in [2.24, 2.45) is 0 Å². The van der Waals surface area contributed by atoms with E-state index in [4.69, 9.17) is 9.47 Å². The number of carbonyl (C=O) groups excluding carboxylic acids is 1. The highest BCUT2D eigenvalue weighted by Gasteiger charge is 2.17. The van der Waals surface area contributed by atoms with Gasteiger partial charge in [-0.15, -0.1) is 0 Å². The highest BCUT2D eigenvalue weighted by molar-refractivity contribution is 5.80. The molecule has 2 rings (SSSR count). The van der Waals surface area contributed by atoms with Crippen LogP contribution in [0.5, 0.6) is 11.5 Å². The smallest absolute Gasteiger partial charge is 0.261 e. The molecule has 2 aromatic rings. The van der Waals surface area contributed by atoms with Crippen LogP contribution < -0.4 is 14.8 Å². The molecule has 0 spiro atoms. The number of carbonyl (C=O) groups is 1. The number of ether oxygens (including phenoxy) is 2. The van der Waals surface area contributed by atoms with Crippen LogP contribution in [0.2, 0.25) is 0 Å². The molecule has 2 aromatic carbocycles. The Morgan fingerprint density at radius 1 is 1.00 bits per heavy atom. The van der Waals surface area contributed by atoms with Crippen molar-refractivity contribution >= 4 is 5.91 Å². The van der Waals surface area contributed by atoms with Crippen LogP contribution in [0.25, 0.3) is 0 Å². The van der Waals surface area contributed by atoms with Gasteiger partial charge in [-0.25, -0.2) is 0 Å². The van der Waals surface area contributed by atoms with Crippen molar-refractivity contribution in [2.75, 3.05) is 6.61 Å². The van der Waals surface area contributed by atoms with Gasteiger partial charge in [0.2, 0.25) is 0 Å². The van der Waals surface area contributed by atoms with Crippen LogP contribution in [0.1, 0.15) is 19.4 Å². The SMILES string of the molecule is Cc1ccc(OC[C@@H](C)NC(=O)[C@@H](C)Oc2ccccc2)cc1. The van der Waals surface area contributed by atoms with E-state index in [1.807, 2.05) is 68.4 Å². The second kappa shape index (κ2) is 8.22. The minimum absolute atomic E-state index is 0.106. The van der Waals surface area contributed by atoms with Crippen LogP contribution in [0.15, 0.2) is 54.6 Å². The standard InChI is InChI=1S/C19H23NO3/c1-14-9-11-17(12-10-14)22-13-15(2)20-19(21)16(3)23-18-7-5-4-6-8-18/h4-12,15-16H,13H2,1-3H3,(H,20,21)/t15-,16-/m1/s1. The van der Waals surface area contributed by atoms with E-state index in [0.29, 0.717) is 12.4 Å². The summed E-state index contributed by atoms with van der Waals surface area (Å²) in [6, 6.07) is 17.0. The number of aryl methyl sites for hydroxylation is 1. The summed E-state index contributed by atoms with van der Waals surface area (Å²) in [6.07, 6.45) is -0.556. The Balaban J connectivity index is 1.76. The zero-order valence-electron chi connectivity index (χ0n) is 13.8. The number of nitrogens with one attached hydrogen (secondary N) is 1. The Kier molecular flexibility index (Phi) is 6.03. The van der Waals surface area contributed by atoms with Gasteiger partial charge in [0, 0.05) is 0 Å². The third-order valence-electron chi connectivity index (χ3n) is 3.33. The monoisotopic (exact) mass is 313 g/mol. The molecule has 2 atom stereocenters. The van der Waals surface area contributed by atoms with Crippen LogP contribution in [-0.2, 0) is 4.79 Å². The maximum absolute atomic E-state index is 12.1. The first kappa shape index (κ1) is 16.9. The maximum atomic E-state index is 12.1. The second-order valence-corrected chi connectivity index (χ2v) is 5.61. The van der Waals surface area contributed by atoms with Crippen molar-refractivity contribution in [1.82, 2.24) is 5.32 Å². The molecule has 1 amide bonds. The Hall–Kier alpha value is -2.49. The normalized spacial score (nSPS) is 13.0. The van der Waals surface area contributed by atoms with Crippen molar-refractivity contribution in [3.63, 3.8) is 0 Å². The fraction of sp³-hybridized carbons (Fsp3) is 0.316. The highest BCUT2D eigenvalue weighted by Crippen LogP contribution is 2.12. The average Bonchev–Trinajstić information content (AvgIpc) is 2.55. The molecule has 4 nitrogen and oxygen atoms in total. The van der Waals surface area contributed by atoms with Crippen molar-refractivity contribution in [3.8, 4) is 11.5 Å². The number of rotatable bonds is 7. The van der Waals surface area contributed by atoms with Crippen molar-refractivity contribution in [2.45, 2.75) is 32.9 Å². The Morgan fingerprint density at radius 3 is 2.30 bits per heavy atom. The lowest BCUT2D eigenvalue weighted by Gasteiger charge is -2.19. The first-order valence-corrected chi connectivity index (χ1v) is 7.76. The van der Waals surface area contributed by atoms with E-state index in [2.05, 4.69) is 5.32 Å². The third kappa shape index (κ3) is 5.66. The topological polar surface area (TPSA) is 47.6 Å². The first-order valence-electron chi connectivity index (χ1n) is 7.76. The number of hydrogen-bond donors (Lipinski definition) is 1. The van der Waals surface area contributed by atoms with Gasteiger partial charge < -0.3 is 14.8 Å². The lowest BCUT2D eigenvalue weighted by atomic mass is 10.2. The van der Waals surface area contributed by atoms with Gasteiger partial charge in [-0.1, -0.05) is 35.9 Å². The first-order chi connectivity index (χ1) is 11.0. The van der Waals surface area contributed by atoms with Crippen molar-refractivity contribution in [3.05, 3.63) is 60.2 Å². The van der Waals surface area contributed by atoms with Crippen LogP contribution in [0, 0.1) is 6.92 Å². The van der Waals surface area contributed by atoms with Crippen LogP contribution in [0.3, 0.4) is 0 Å². The maximum Gasteiger partial charge on any atom is 0.261 e. The summed E-state index contributed by atoms with van der Waals surface area (Å²) >= 11 is 0. The highest BCUT2D eigenvalue weighted by atomic mass is 16.5. The van der Waals surface area contributed by atoms with Gasteiger partial charge >= 0.3 is 0 Å². The third-order valence-corrected chi connectivity index (χ3v) is 3.33. The fourth-order valence-electron chi connectivity index (χ4n) is 2.01. The molecule has 122 valence electrons. The lowest BCUT2D eigenvalue weighted by molar-refractivity contribution is -0.128. The van der Waals surface area contributed by atoms with Gasteiger partial charge in [0.1, 0.15) is 18.1 Å². The van der Waals surface area contributed by atoms with Crippen LogP contribution in [0.4, 0.5) is 0 Å². The molecule has 4 heteroatoms. The zero-order chi connectivity index (χ0) is 16.7. The molecule has 0 aromatic heterocycles. The summed E-state index contributed by atoms with van der Waals surface area (Å²) < 4.78 is 11.3. The zero-order valence-corrected chi connectivity index (χ0v) is 13.8. The second-order valence-electron chi connectivity index (χ2n) is 5.61. The van der Waals surface area contributed by atoms with E-state index < -0.39 is 6.10 Å². The van der Waals surface area contributed by atoms with Gasteiger partial charge in [-0.2, -0.15) is 0 Å². The largest absolute Gasteiger partial charge is 0.491 e. The molecule has 0 bridgehead atoms. The molecule has 0 radical (unpaired) electrons. The Morgan fingerprint density at radius 2 is 1.65 bits per heavy atom. The summed E-state index contributed by atoms with van der Waals surface area (Å²) in [4.78, 5) is 12.1. The molecular formula is C19H23NO3. The minimum atomic E-state index is -0.556. The van der Waals surface area contributed by atoms with Crippen molar-refractivity contribution < 1.29 is 14.3 Å². The Bertz CT molecular complexity index is 610. The molecule has 0 heterocycles. The predicted molar refractivity (Wildman–Crippen MR) is 90.8 cm³/mol. The van der Waals surface area contributed by atoms with Gasteiger partial charge in [0.05, 0.1) is 6.04 Å². The predicted octanol–water partition coefficient (Wildman–Crippen LogP) is 3.35.